The lowest BCUT2D eigenvalue weighted by atomic mass is 10.1. The second-order valence-corrected chi connectivity index (χ2v) is 5.39. The summed E-state index contributed by atoms with van der Waals surface area (Å²) < 4.78 is 1.13. The molecule has 0 saturated carbocycles. The first kappa shape index (κ1) is 14.0. The predicted octanol–water partition coefficient (Wildman–Crippen LogP) is 2.35. The third-order valence-corrected chi connectivity index (χ3v) is 4.52. The van der Waals surface area contributed by atoms with Crippen molar-refractivity contribution >= 4 is 27.3 Å². The second kappa shape index (κ2) is 6.14. The van der Waals surface area contributed by atoms with E-state index in [1.54, 1.807) is 0 Å². The maximum Gasteiger partial charge on any atom is 0.275 e. The molecule has 1 aromatic heterocycles. The third kappa shape index (κ3) is 2.78. The van der Waals surface area contributed by atoms with Crippen LogP contribution in [0, 0.1) is 0 Å². The smallest absolute Gasteiger partial charge is 0.275 e. The third-order valence-electron chi connectivity index (χ3n) is 3.31. The molecule has 0 atom stereocenters. The van der Waals surface area contributed by atoms with Gasteiger partial charge in [-0.25, -0.2) is 5.84 Å². The van der Waals surface area contributed by atoms with E-state index in [-0.39, 0.29) is 5.91 Å². The van der Waals surface area contributed by atoms with E-state index in [1.165, 1.54) is 11.3 Å². The van der Waals surface area contributed by atoms with Crippen molar-refractivity contribution < 1.29 is 4.79 Å². The Balaban J connectivity index is 2.51. The molecule has 102 valence electrons. The van der Waals surface area contributed by atoms with E-state index in [0.717, 1.165) is 40.2 Å². The van der Waals surface area contributed by atoms with Crippen LogP contribution in [-0.2, 0) is 6.54 Å². The van der Waals surface area contributed by atoms with Crippen molar-refractivity contribution in [3.63, 3.8) is 0 Å². The average molecular weight is 277 g/mol. The van der Waals surface area contributed by atoms with E-state index < -0.39 is 0 Å². The summed E-state index contributed by atoms with van der Waals surface area (Å²) in [5.41, 5.74) is 3.32. The van der Waals surface area contributed by atoms with Gasteiger partial charge in [-0.2, -0.15) is 0 Å². The van der Waals surface area contributed by atoms with Gasteiger partial charge in [0.1, 0.15) is 0 Å². The van der Waals surface area contributed by atoms with Gasteiger partial charge >= 0.3 is 0 Å². The van der Waals surface area contributed by atoms with Crippen LogP contribution in [0.5, 0.6) is 0 Å². The Labute approximate surface area is 117 Å². The van der Waals surface area contributed by atoms with Crippen LogP contribution in [0.25, 0.3) is 10.1 Å². The molecule has 2 rings (SSSR count). The minimum Gasteiger partial charge on any atom is -0.300 e. The fourth-order valence-corrected chi connectivity index (χ4v) is 3.29. The van der Waals surface area contributed by atoms with Crippen LogP contribution in [0.1, 0.15) is 29.1 Å². The Morgan fingerprint density at radius 3 is 2.63 bits per heavy atom. The van der Waals surface area contributed by atoms with Gasteiger partial charge in [-0.05, 0) is 30.1 Å². The number of fused-ring (bicyclic) bond motifs is 1. The zero-order valence-corrected chi connectivity index (χ0v) is 12.1. The molecule has 1 aromatic carbocycles. The first-order chi connectivity index (χ1) is 9.21. The quantitative estimate of drug-likeness (QED) is 0.501. The van der Waals surface area contributed by atoms with Crippen LogP contribution in [0.2, 0.25) is 0 Å². The van der Waals surface area contributed by atoms with Crippen LogP contribution in [0.4, 0.5) is 0 Å². The maximum absolute atomic E-state index is 11.9. The molecule has 0 saturated heterocycles. The van der Waals surface area contributed by atoms with Gasteiger partial charge in [0.05, 0.1) is 4.88 Å². The first-order valence-electron chi connectivity index (χ1n) is 6.44. The van der Waals surface area contributed by atoms with E-state index in [2.05, 4.69) is 30.2 Å². The van der Waals surface area contributed by atoms with Gasteiger partial charge in [-0.3, -0.25) is 15.1 Å². The van der Waals surface area contributed by atoms with E-state index in [4.69, 9.17) is 5.84 Å². The first-order valence-corrected chi connectivity index (χ1v) is 7.26. The standard InChI is InChI=1S/C14H19N3OS/c1-3-17(4-2)9-11-10-7-5-6-8-12(10)19-13(11)14(18)16-15/h5-8H,3-4,9,15H2,1-2H3,(H,16,18). The van der Waals surface area contributed by atoms with Crippen molar-refractivity contribution in [2.24, 2.45) is 5.84 Å². The van der Waals surface area contributed by atoms with E-state index in [9.17, 15) is 4.79 Å². The number of nitrogen functional groups attached to an aromatic ring is 1. The summed E-state index contributed by atoms with van der Waals surface area (Å²) in [7, 11) is 0. The largest absolute Gasteiger partial charge is 0.300 e. The molecule has 0 fully saturated rings. The lowest BCUT2D eigenvalue weighted by Crippen LogP contribution is -2.31. The number of nitrogens with zero attached hydrogens (tertiary/aromatic N) is 1. The molecule has 0 bridgehead atoms. The number of rotatable bonds is 5. The normalized spacial score (nSPS) is 11.2. The molecule has 0 spiro atoms. The number of carbonyl (C=O) groups excluding carboxylic acids is 1. The number of amides is 1. The number of hydrogen-bond donors (Lipinski definition) is 2. The molecule has 0 unspecified atom stereocenters. The summed E-state index contributed by atoms with van der Waals surface area (Å²) in [6.45, 7) is 6.95. The highest BCUT2D eigenvalue weighted by Gasteiger charge is 2.18. The topological polar surface area (TPSA) is 58.4 Å². The van der Waals surface area contributed by atoms with Crippen LogP contribution in [0.15, 0.2) is 24.3 Å². The average Bonchev–Trinajstić information content (AvgIpc) is 2.82. The number of benzene rings is 1. The SMILES string of the molecule is CCN(CC)Cc1c(C(=O)NN)sc2ccccc12. The summed E-state index contributed by atoms with van der Waals surface area (Å²) in [5.74, 6) is 5.08. The minimum atomic E-state index is -0.205. The number of hydrogen-bond acceptors (Lipinski definition) is 4. The summed E-state index contributed by atoms with van der Waals surface area (Å²) in [5, 5.41) is 1.15. The van der Waals surface area contributed by atoms with Gasteiger partial charge in [-0.1, -0.05) is 32.0 Å². The summed E-state index contributed by atoms with van der Waals surface area (Å²) in [4.78, 5) is 14.9. The Bertz CT molecular complexity index is 575. The zero-order chi connectivity index (χ0) is 13.8. The van der Waals surface area contributed by atoms with Gasteiger partial charge in [0.15, 0.2) is 0 Å². The highest BCUT2D eigenvalue weighted by atomic mass is 32.1. The van der Waals surface area contributed by atoms with Gasteiger partial charge in [-0.15, -0.1) is 11.3 Å². The Morgan fingerprint density at radius 2 is 2.00 bits per heavy atom. The Morgan fingerprint density at radius 1 is 1.32 bits per heavy atom. The Kier molecular flexibility index (Phi) is 4.52. The molecule has 0 aliphatic rings. The fraction of sp³-hybridized carbons (Fsp3) is 0.357. The molecule has 1 amide bonds. The van der Waals surface area contributed by atoms with Crippen LogP contribution in [0.3, 0.4) is 0 Å². The van der Waals surface area contributed by atoms with E-state index >= 15 is 0 Å². The molecular weight excluding hydrogens is 258 g/mol. The van der Waals surface area contributed by atoms with Gasteiger partial charge in [0, 0.05) is 11.2 Å². The van der Waals surface area contributed by atoms with Crippen LogP contribution >= 0.6 is 11.3 Å². The van der Waals surface area contributed by atoms with Crippen molar-refractivity contribution in [2.45, 2.75) is 20.4 Å². The van der Waals surface area contributed by atoms with Gasteiger partial charge in [0.2, 0.25) is 0 Å². The fourth-order valence-electron chi connectivity index (χ4n) is 2.18. The molecule has 4 nitrogen and oxygen atoms in total. The van der Waals surface area contributed by atoms with Crippen LogP contribution < -0.4 is 11.3 Å². The van der Waals surface area contributed by atoms with Gasteiger partial charge in [0.25, 0.3) is 5.91 Å². The predicted molar refractivity (Wildman–Crippen MR) is 80.1 cm³/mol. The van der Waals surface area contributed by atoms with Crippen molar-refractivity contribution in [2.75, 3.05) is 13.1 Å². The lowest BCUT2D eigenvalue weighted by molar-refractivity contribution is 0.0956. The number of nitrogens with one attached hydrogen (secondary N) is 1. The molecule has 0 aliphatic heterocycles. The molecular formula is C14H19N3OS. The number of hydrazine groups is 1. The van der Waals surface area contributed by atoms with Crippen molar-refractivity contribution in [1.82, 2.24) is 10.3 Å². The molecule has 5 heteroatoms. The second-order valence-electron chi connectivity index (χ2n) is 4.34. The summed E-state index contributed by atoms with van der Waals surface area (Å²) >= 11 is 1.50. The highest BCUT2D eigenvalue weighted by Crippen LogP contribution is 2.32. The maximum atomic E-state index is 11.9. The number of carbonyl (C=O) groups is 1. The zero-order valence-electron chi connectivity index (χ0n) is 11.3. The molecule has 3 N–H and O–H groups in total. The highest BCUT2D eigenvalue weighted by molar-refractivity contribution is 7.21. The molecule has 19 heavy (non-hydrogen) atoms. The van der Waals surface area contributed by atoms with E-state index in [0.29, 0.717) is 0 Å². The molecule has 0 aliphatic carbocycles. The molecule has 2 aromatic rings. The minimum absolute atomic E-state index is 0.205. The number of nitrogens with two attached hydrogens (primary N) is 1. The van der Waals surface area contributed by atoms with Crippen molar-refractivity contribution in [3.05, 3.63) is 34.7 Å². The lowest BCUT2D eigenvalue weighted by Gasteiger charge is -2.18. The van der Waals surface area contributed by atoms with Crippen LogP contribution in [-0.4, -0.2) is 23.9 Å². The van der Waals surface area contributed by atoms with Crippen molar-refractivity contribution in [1.29, 1.82) is 0 Å². The summed E-state index contributed by atoms with van der Waals surface area (Å²) in [6, 6.07) is 8.10. The van der Waals surface area contributed by atoms with Crippen molar-refractivity contribution in [3.8, 4) is 0 Å². The van der Waals surface area contributed by atoms with Gasteiger partial charge < -0.3 is 0 Å². The van der Waals surface area contributed by atoms with E-state index in [1.807, 2.05) is 18.2 Å². The summed E-state index contributed by atoms with van der Waals surface area (Å²) in [6.07, 6.45) is 0. The Hall–Kier alpha value is -1.43. The molecule has 1 heterocycles. The monoisotopic (exact) mass is 277 g/mol. The molecule has 0 radical (unpaired) electrons. The number of thiophene rings is 1.